The lowest BCUT2D eigenvalue weighted by Gasteiger charge is -2.22. The molecule has 2 atom stereocenters. The summed E-state index contributed by atoms with van der Waals surface area (Å²) in [6, 6.07) is 7.71. The summed E-state index contributed by atoms with van der Waals surface area (Å²) in [5, 5.41) is 22.9. The second kappa shape index (κ2) is 7.43. The SMILES string of the molecule is CC(=O)NCCC(O)C(O)c1cccc(N2CCCC2)c1. The highest BCUT2D eigenvalue weighted by molar-refractivity contribution is 5.72. The molecule has 0 aromatic heterocycles. The molecular weight excluding hydrogens is 268 g/mol. The van der Waals surface area contributed by atoms with Gasteiger partial charge in [-0.1, -0.05) is 12.1 Å². The van der Waals surface area contributed by atoms with Crippen LogP contribution in [0.15, 0.2) is 24.3 Å². The molecule has 2 rings (SSSR count). The molecule has 116 valence electrons. The molecule has 21 heavy (non-hydrogen) atoms. The summed E-state index contributed by atoms with van der Waals surface area (Å²) in [7, 11) is 0. The lowest BCUT2D eigenvalue weighted by molar-refractivity contribution is -0.119. The minimum absolute atomic E-state index is 0.132. The van der Waals surface area contributed by atoms with Crippen molar-refractivity contribution in [2.24, 2.45) is 0 Å². The number of nitrogens with zero attached hydrogens (tertiary/aromatic N) is 1. The van der Waals surface area contributed by atoms with Gasteiger partial charge in [-0.15, -0.1) is 0 Å². The van der Waals surface area contributed by atoms with E-state index >= 15 is 0 Å². The second-order valence-electron chi connectivity index (χ2n) is 5.57. The van der Waals surface area contributed by atoms with Crippen molar-refractivity contribution in [3.05, 3.63) is 29.8 Å². The Labute approximate surface area is 125 Å². The fourth-order valence-electron chi connectivity index (χ4n) is 2.66. The monoisotopic (exact) mass is 292 g/mol. The number of carbonyl (C=O) groups is 1. The van der Waals surface area contributed by atoms with Crippen molar-refractivity contribution in [3.8, 4) is 0 Å². The van der Waals surface area contributed by atoms with Crippen LogP contribution >= 0.6 is 0 Å². The number of rotatable bonds is 6. The summed E-state index contributed by atoms with van der Waals surface area (Å²) in [5.41, 5.74) is 1.81. The molecule has 0 spiro atoms. The van der Waals surface area contributed by atoms with E-state index in [-0.39, 0.29) is 5.91 Å². The third kappa shape index (κ3) is 4.44. The predicted molar refractivity (Wildman–Crippen MR) is 82.2 cm³/mol. The number of aliphatic hydroxyl groups is 2. The summed E-state index contributed by atoms with van der Waals surface area (Å²) < 4.78 is 0. The van der Waals surface area contributed by atoms with Crippen LogP contribution in [-0.2, 0) is 4.79 Å². The third-order valence-corrected chi connectivity index (χ3v) is 3.86. The fraction of sp³-hybridized carbons (Fsp3) is 0.562. The minimum Gasteiger partial charge on any atom is -0.390 e. The highest BCUT2D eigenvalue weighted by atomic mass is 16.3. The Kier molecular flexibility index (Phi) is 5.59. The maximum Gasteiger partial charge on any atom is 0.216 e. The lowest BCUT2D eigenvalue weighted by Crippen LogP contribution is -2.27. The largest absolute Gasteiger partial charge is 0.390 e. The van der Waals surface area contributed by atoms with E-state index in [0.29, 0.717) is 13.0 Å². The number of benzene rings is 1. The highest BCUT2D eigenvalue weighted by Crippen LogP contribution is 2.26. The molecule has 1 saturated heterocycles. The van der Waals surface area contributed by atoms with Gasteiger partial charge in [0.2, 0.25) is 5.91 Å². The summed E-state index contributed by atoms with van der Waals surface area (Å²) in [4.78, 5) is 13.1. The maximum atomic E-state index is 10.8. The first-order valence-electron chi connectivity index (χ1n) is 7.53. The van der Waals surface area contributed by atoms with Crippen LogP contribution in [0.2, 0.25) is 0 Å². The molecule has 0 bridgehead atoms. The number of aliphatic hydroxyl groups excluding tert-OH is 2. The van der Waals surface area contributed by atoms with E-state index < -0.39 is 12.2 Å². The predicted octanol–water partition coefficient (Wildman–Crippen LogP) is 1.21. The van der Waals surface area contributed by atoms with Crippen molar-refractivity contribution < 1.29 is 15.0 Å². The Morgan fingerprint density at radius 1 is 1.33 bits per heavy atom. The third-order valence-electron chi connectivity index (χ3n) is 3.86. The standard InChI is InChI=1S/C16H24N2O3/c1-12(19)17-8-7-15(20)16(21)13-5-4-6-14(11-13)18-9-2-3-10-18/h4-6,11,15-16,20-21H,2-3,7-10H2,1H3,(H,17,19). The number of hydrogen-bond acceptors (Lipinski definition) is 4. The van der Waals surface area contributed by atoms with Gasteiger partial charge in [-0.05, 0) is 37.0 Å². The molecule has 1 aromatic rings. The summed E-state index contributed by atoms with van der Waals surface area (Å²) in [6.45, 7) is 3.89. The number of anilines is 1. The van der Waals surface area contributed by atoms with Gasteiger partial charge in [0.05, 0.1) is 6.10 Å². The van der Waals surface area contributed by atoms with E-state index in [1.807, 2.05) is 24.3 Å². The second-order valence-corrected chi connectivity index (χ2v) is 5.57. The zero-order valence-corrected chi connectivity index (χ0v) is 12.5. The average Bonchev–Trinajstić information content (AvgIpc) is 3.00. The smallest absolute Gasteiger partial charge is 0.216 e. The van der Waals surface area contributed by atoms with Crippen LogP contribution in [0.4, 0.5) is 5.69 Å². The van der Waals surface area contributed by atoms with Gasteiger partial charge in [0.1, 0.15) is 6.10 Å². The van der Waals surface area contributed by atoms with Gasteiger partial charge >= 0.3 is 0 Å². The van der Waals surface area contributed by atoms with Crippen molar-refractivity contribution in [1.82, 2.24) is 5.32 Å². The average molecular weight is 292 g/mol. The first kappa shape index (κ1) is 15.8. The topological polar surface area (TPSA) is 72.8 Å². The van der Waals surface area contributed by atoms with E-state index in [4.69, 9.17) is 0 Å². The van der Waals surface area contributed by atoms with E-state index in [2.05, 4.69) is 10.2 Å². The molecule has 1 aliphatic heterocycles. The molecule has 5 nitrogen and oxygen atoms in total. The van der Waals surface area contributed by atoms with Crippen LogP contribution < -0.4 is 10.2 Å². The Morgan fingerprint density at radius 2 is 2.05 bits per heavy atom. The van der Waals surface area contributed by atoms with E-state index in [1.54, 1.807) is 0 Å². The fourth-order valence-corrected chi connectivity index (χ4v) is 2.66. The molecule has 3 N–H and O–H groups in total. The molecule has 0 radical (unpaired) electrons. The van der Waals surface area contributed by atoms with Gasteiger partial charge in [0.15, 0.2) is 0 Å². The maximum absolute atomic E-state index is 10.8. The van der Waals surface area contributed by atoms with Gasteiger partial charge in [0.25, 0.3) is 0 Å². The number of carbonyl (C=O) groups excluding carboxylic acids is 1. The highest BCUT2D eigenvalue weighted by Gasteiger charge is 2.20. The van der Waals surface area contributed by atoms with Gasteiger partial charge in [-0.2, -0.15) is 0 Å². The summed E-state index contributed by atoms with van der Waals surface area (Å²) in [5.74, 6) is -0.132. The summed E-state index contributed by atoms with van der Waals surface area (Å²) >= 11 is 0. The van der Waals surface area contributed by atoms with Crippen molar-refractivity contribution in [3.63, 3.8) is 0 Å². The van der Waals surface area contributed by atoms with Gasteiger partial charge < -0.3 is 20.4 Å². The molecule has 0 aliphatic carbocycles. The van der Waals surface area contributed by atoms with E-state index in [9.17, 15) is 15.0 Å². The molecule has 1 fully saturated rings. The first-order valence-corrected chi connectivity index (χ1v) is 7.53. The molecule has 1 aromatic carbocycles. The Balaban J connectivity index is 1.96. The van der Waals surface area contributed by atoms with Gasteiger partial charge in [-0.3, -0.25) is 4.79 Å². The Bertz CT molecular complexity index is 472. The van der Waals surface area contributed by atoms with Crippen LogP contribution in [-0.4, -0.2) is 41.9 Å². The molecule has 5 heteroatoms. The molecule has 1 aliphatic rings. The van der Waals surface area contributed by atoms with Crippen LogP contribution in [0, 0.1) is 0 Å². The van der Waals surface area contributed by atoms with Crippen LogP contribution in [0.25, 0.3) is 0 Å². The van der Waals surface area contributed by atoms with Crippen LogP contribution in [0.5, 0.6) is 0 Å². The first-order chi connectivity index (χ1) is 10.1. The molecular formula is C16H24N2O3. The van der Waals surface area contributed by atoms with Crippen molar-refractivity contribution in [1.29, 1.82) is 0 Å². The Hall–Kier alpha value is -1.59. The molecule has 1 heterocycles. The van der Waals surface area contributed by atoms with Gasteiger partial charge in [0, 0.05) is 32.2 Å². The van der Waals surface area contributed by atoms with Crippen LogP contribution in [0.1, 0.15) is 37.9 Å². The quantitative estimate of drug-likeness (QED) is 0.737. The van der Waals surface area contributed by atoms with Crippen molar-refractivity contribution in [2.75, 3.05) is 24.5 Å². The number of amides is 1. The normalized spacial score (nSPS) is 17.6. The zero-order chi connectivity index (χ0) is 15.2. The molecule has 2 unspecified atom stereocenters. The van der Waals surface area contributed by atoms with Crippen molar-refractivity contribution in [2.45, 2.75) is 38.4 Å². The number of nitrogens with one attached hydrogen (secondary N) is 1. The van der Waals surface area contributed by atoms with Gasteiger partial charge in [-0.25, -0.2) is 0 Å². The van der Waals surface area contributed by atoms with E-state index in [1.165, 1.54) is 19.8 Å². The zero-order valence-electron chi connectivity index (χ0n) is 12.5. The summed E-state index contributed by atoms with van der Waals surface area (Å²) in [6.07, 6.45) is 0.916. The Morgan fingerprint density at radius 3 is 2.71 bits per heavy atom. The molecule has 1 amide bonds. The van der Waals surface area contributed by atoms with Crippen molar-refractivity contribution >= 4 is 11.6 Å². The lowest BCUT2D eigenvalue weighted by atomic mass is 10.0. The van der Waals surface area contributed by atoms with E-state index in [0.717, 1.165) is 24.3 Å². The van der Waals surface area contributed by atoms with Crippen LogP contribution in [0.3, 0.4) is 0 Å². The minimum atomic E-state index is -0.929. The number of hydrogen-bond donors (Lipinski definition) is 3. The molecule has 0 saturated carbocycles.